The van der Waals surface area contributed by atoms with Crippen molar-refractivity contribution in [1.29, 1.82) is 5.26 Å². The van der Waals surface area contributed by atoms with Crippen molar-refractivity contribution >= 4 is 44.8 Å². The van der Waals surface area contributed by atoms with Gasteiger partial charge < -0.3 is 10.6 Å². The van der Waals surface area contributed by atoms with Crippen molar-refractivity contribution in [2.45, 2.75) is 51.4 Å². The van der Waals surface area contributed by atoms with Crippen molar-refractivity contribution in [2.24, 2.45) is 5.41 Å². The van der Waals surface area contributed by atoms with E-state index in [1.807, 2.05) is 36.4 Å². The third-order valence-electron chi connectivity index (χ3n) is 7.61. The van der Waals surface area contributed by atoms with Crippen LogP contribution in [0.5, 0.6) is 0 Å². The summed E-state index contributed by atoms with van der Waals surface area (Å²) in [6.45, 7) is 6.83. The molecule has 1 atom stereocenters. The standard InChI is InChI=1S/C31H28ClF3N8/c1-29(2,3)17-39-26-20(14-36)15-38-28-22(26)12-21(13-23(28)32)40-27(19-7-6-18-5-4-10-37-24(18)11-19)25-16-43(42-41-25)30(8-9-30)31(33,34)35/h4-7,10-13,15-16,27,40H,8-9,17H2,1-3H3,(H,38,39)/t27-/m0/s1. The summed E-state index contributed by atoms with van der Waals surface area (Å²) in [6, 6.07) is 14.4. The van der Waals surface area contributed by atoms with Crippen LogP contribution >= 0.6 is 11.6 Å². The highest BCUT2D eigenvalue weighted by Gasteiger charge is 2.66. The number of hydrogen-bond donors (Lipinski definition) is 2. The molecule has 220 valence electrons. The summed E-state index contributed by atoms with van der Waals surface area (Å²) in [4.78, 5) is 8.88. The fourth-order valence-electron chi connectivity index (χ4n) is 5.11. The zero-order valence-electron chi connectivity index (χ0n) is 23.7. The molecule has 6 rings (SSSR count). The molecule has 3 aromatic heterocycles. The Labute approximate surface area is 250 Å². The summed E-state index contributed by atoms with van der Waals surface area (Å²) in [5.41, 5.74) is 1.69. The van der Waals surface area contributed by atoms with Gasteiger partial charge >= 0.3 is 6.18 Å². The van der Waals surface area contributed by atoms with Crippen molar-refractivity contribution in [3.05, 3.63) is 82.9 Å². The Morgan fingerprint density at radius 3 is 2.60 bits per heavy atom. The number of alkyl halides is 3. The third-order valence-corrected chi connectivity index (χ3v) is 7.90. The van der Waals surface area contributed by atoms with E-state index in [2.05, 4.69) is 57.8 Å². The number of anilines is 2. The number of rotatable bonds is 7. The molecular weight excluding hydrogens is 577 g/mol. The fraction of sp³-hybridized carbons (Fsp3) is 0.323. The third kappa shape index (κ3) is 5.43. The Morgan fingerprint density at radius 2 is 1.91 bits per heavy atom. The van der Waals surface area contributed by atoms with Crippen molar-refractivity contribution in [1.82, 2.24) is 25.0 Å². The van der Waals surface area contributed by atoms with Gasteiger partial charge in [-0.25, -0.2) is 4.68 Å². The van der Waals surface area contributed by atoms with Gasteiger partial charge in [-0.3, -0.25) is 9.97 Å². The van der Waals surface area contributed by atoms with Gasteiger partial charge in [-0.05, 0) is 48.1 Å². The van der Waals surface area contributed by atoms with E-state index in [4.69, 9.17) is 11.6 Å². The number of benzene rings is 2. The number of nitrogens with one attached hydrogen (secondary N) is 2. The van der Waals surface area contributed by atoms with Crippen LogP contribution in [0.25, 0.3) is 21.8 Å². The second kappa shape index (κ2) is 10.4. The summed E-state index contributed by atoms with van der Waals surface area (Å²) >= 11 is 6.72. The molecule has 0 radical (unpaired) electrons. The van der Waals surface area contributed by atoms with E-state index in [0.29, 0.717) is 45.1 Å². The summed E-state index contributed by atoms with van der Waals surface area (Å²) in [5, 5.41) is 26.7. The molecule has 3 heterocycles. The molecule has 2 N–H and O–H groups in total. The van der Waals surface area contributed by atoms with Gasteiger partial charge in [-0.2, -0.15) is 18.4 Å². The average Bonchev–Trinajstić information content (AvgIpc) is 3.65. The largest absolute Gasteiger partial charge is 0.413 e. The van der Waals surface area contributed by atoms with Gasteiger partial charge in [-0.15, -0.1) is 5.10 Å². The Hall–Kier alpha value is -4.43. The molecule has 2 aromatic carbocycles. The summed E-state index contributed by atoms with van der Waals surface area (Å²) in [7, 11) is 0. The molecule has 1 aliphatic rings. The zero-order valence-corrected chi connectivity index (χ0v) is 24.4. The summed E-state index contributed by atoms with van der Waals surface area (Å²) in [5.74, 6) is 0. The van der Waals surface area contributed by atoms with Crippen LogP contribution in [-0.2, 0) is 5.54 Å². The van der Waals surface area contributed by atoms with Gasteiger partial charge in [0.25, 0.3) is 0 Å². The van der Waals surface area contributed by atoms with Crippen LogP contribution < -0.4 is 10.6 Å². The lowest BCUT2D eigenvalue weighted by Crippen LogP contribution is -2.35. The molecule has 43 heavy (non-hydrogen) atoms. The molecular formula is C31H28ClF3N8. The molecule has 0 aliphatic heterocycles. The Balaban J connectivity index is 1.46. The predicted molar refractivity (Wildman–Crippen MR) is 160 cm³/mol. The zero-order chi connectivity index (χ0) is 30.6. The van der Waals surface area contributed by atoms with Crippen LogP contribution in [-0.4, -0.2) is 37.7 Å². The molecule has 5 aromatic rings. The van der Waals surface area contributed by atoms with Crippen molar-refractivity contribution < 1.29 is 13.2 Å². The van der Waals surface area contributed by atoms with Crippen LogP contribution in [0.1, 0.15) is 56.5 Å². The number of halogens is 4. The Kier molecular flexibility index (Phi) is 6.92. The number of fused-ring (bicyclic) bond motifs is 2. The minimum atomic E-state index is -4.44. The van der Waals surface area contributed by atoms with E-state index in [-0.39, 0.29) is 18.3 Å². The van der Waals surface area contributed by atoms with Crippen molar-refractivity contribution in [3.8, 4) is 6.07 Å². The Morgan fingerprint density at radius 1 is 1.12 bits per heavy atom. The molecule has 0 spiro atoms. The van der Waals surface area contributed by atoms with Gasteiger partial charge in [-0.1, -0.05) is 55.8 Å². The fourth-order valence-corrected chi connectivity index (χ4v) is 5.38. The van der Waals surface area contributed by atoms with E-state index < -0.39 is 17.8 Å². The van der Waals surface area contributed by atoms with E-state index in [9.17, 15) is 18.4 Å². The number of pyridine rings is 2. The monoisotopic (exact) mass is 604 g/mol. The summed E-state index contributed by atoms with van der Waals surface area (Å²) < 4.78 is 42.6. The lowest BCUT2D eigenvalue weighted by Gasteiger charge is -2.22. The van der Waals surface area contributed by atoms with Crippen LogP contribution in [0, 0.1) is 16.7 Å². The van der Waals surface area contributed by atoms with Gasteiger partial charge in [0.05, 0.1) is 39.5 Å². The maximum atomic E-state index is 13.9. The maximum Gasteiger partial charge on any atom is 0.413 e. The van der Waals surface area contributed by atoms with E-state index in [0.717, 1.165) is 21.1 Å². The van der Waals surface area contributed by atoms with E-state index in [1.165, 1.54) is 12.4 Å². The smallest absolute Gasteiger partial charge is 0.383 e. The number of nitrogens with zero attached hydrogens (tertiary/aromatic N) is 6. The molecule has 1 aliphatic carbocycles. The molecule has 0 amide bonds. The first-order valence-electron chi connectivity index (χ1n) is 13.8. The van der Waals surface area contributed by atoms with Crippen molar-refractivity contribution in [3.63, 3.8) is 0 Å². The normalized spacial score (nSPS) is 15.3. The lowest BCUT2D eigenvalue weighted by atomic mass is 9.96. The molecule has 0 bridgehead atoms. The SMILES string of the molecule is CC(C)(C)CNc1c(C#N)cnc2c(Cl)cc(N[C@@H](c3ccc4cccnc4c3)c3cn(C4(C(F)(F)F)CC4)nn3)cc12. The molecule has 0 saturated heterocycles. The van der Waals surface area contributed by atoms with Gasteiger partial charge in [0.1, 0.15) is 11.8 Å². The van der Waals surface area contributed by atoms with Crippen molar-refractivity contribution in [2.75, 3.05) is 17.2 Å². The molecule has 0 unspecified atom stereocenters. The second-order valence-corrected chi connectivity index (χ2v) is 12.5. The Bertz CT molecular complexity index is 1880. The van der Waals surface area contributed by atoms with Gasteiger partial charge in [0.15, 0.2) is 5.54 Å². The molecule has 8 nitrogen and oxygen atoms in total. The first kappa shape index (κ1) is 28.7. The first-order chi connectivity index (χ1) is 20.4. The molecule has 1 fully saturated rings. The average molecular weight is 605 g/mol. The molecule has 1 saturated carbocycles. The van der Waals surface area contributed by atoms with Crippen LogP contribution in [0.4, 0.5) is 24.5 Å². The minimum absolute atomic E-state index is 0.0455. The minimum Gasteiger partial charge on any atom is -0.383 e. The highest BCUT2D eigenvalue weighted by molar-refractivity contribution is 6.35. The van der Waals surface area contributed by atoms with E-state index in [1.54, 1.807) is 12.3 Å². The van der Waals surface area contributed by atoms with Gasteiger partial charge in [0, 0.05) is 35.4 Å². The summed E-state index contributed by atoms with van der Waals surface area (Å²) in [6.07, 6.45) is -0.00716. The number of nitriles is 1. The molecule has 12 heteroatoms. The van der Waals surface area contributed by atoms with Crippen LogP contribution in [0.2, 0.25) is 5.02 Å². The highest BCUT2D eigenvalue weighted by Crippen LogP contribution is 2.55. The number of hydrogen-bond acceptors (Lipinski definition) is 7. The first-order valence-corrected chi connectivity index (χ1v) is 14.1. The van der Waals surface area contributed by atoms with Crippen LogP contribution in [0.3, 0.4) is 0 Å². The highest BCUT2D eigenvalue weighted by atomic mass is 35.5. The quantitative estimate of drug-likeness (QED) is 0.197. The predicted octanol–water partition coefficient (Wildman–Crippen LogP) is 7.61. The topological polar surface area (TPSA) is 104 Å². The van der Waals surface area contributed by atoms with Gasteiger partial charge in [0.2, 0.25) is 0 Å². The van der Waals surface area contributed by atoms with E-state index >= 15 is 0 Å². The lowest BCUT2D eigenvalue weighted by molar-refractivity contribution is -0.182. The van der Waals surface area contributed by atoms with Crippen LogP contribution in [0.15, 0.2) is 61.1 Å². The maximum absolute atomic E-state index is 13.9. The number of aromatic nitrogens is 5. The second-order valence-electron chi connectivity index (χ2n) is 12.1.